The Bertz CT molecular complexity index is 1130. The first-order valence-corrected chi connectivity index (χ1v) is 10.3. The number of ether oxygens (including phenoxy) is 3. The van der Waals surface area contributed by atoms with Crippen molar-refractivity contribution in [3.8, 4) is 39.6 Å². The Hall–Kier alpha value is -4.05. The van der Waals surface area contributed by atoms with Crippen molar-refractivity contribution in [3.63, 3.8) is 0 Å². The average molecular weight is 424 g/mol. The number of aromatic nitrogens is 1. The molecule has 4 heteroatoms. The normalized spacial score (nSPS) is 10.8. The minimum atomic E-state index is 0.819. The van der Waals surface area contributed by atoms with E-state index in [0.29, 0.717) is 0 Å². The van der Waals surface area contributed by atoms with Crippen LogP contribution in [0, 0.1) is 0 Å². The molecule has 4 nitrogen and oxygen atoms in total. The van der Waals surface area contributed by atoms with E-state index in [1.54, 1.807) is 21.3 Å². The van der Waals surface area contributed by atoms with Crippen LogP contribution in [0.2, 0.25) is 0 Å². The highest BCUT2D eigenvalue weighted by Gasteiger charge is 2.07. The largest absolute Gasteiger partial charge is 0.497 e. The predicted molar refractivity (Wildman–Crippen MR) is 130 cm³/mol. The quantitative estimate of drug-likeness (QED) is 0.335. The highest BCUT2D eigenvalue weighted by atomic mass is 16.5. The van der Waals surface area contributed by atoms with Crippen LogP contribution in [0.4, 0.5) is 0 Å². The van der Waals surface area contributed by atoms with Crippen molar-refractivity contribution in [1.29, 1.82) is 0 Å². The SMILES string of the molecule is COc1ccc(/C=C/c2cc(-c3ccc(OC)cc3)cc(-c3ccc(OC)cc3)n2)cc1. The van der Waals surface area contributed by atoms with Crippen LogP contribution in [-0.2, 0) is 0 Å². The Balaban J connectivity index is 1.73. The third kappa shape index (κ3) is 4.98. The Kier molecular flexibility index (Phi) is 6.52. The monoisotopic (exact) mass is 423 g/mol. The lowest BCUT2D eigenvalue weighted by Crippen LogP contribution is -1.91. The van der Waals surface area contributed by atoms with Crippen molar-refractivity contribution in [2.75, 3.05) is 21.3 Å². The second-order valence-electron chi connectivity index (χ2n) is 7.23. The Morgan fingerprint density at radius 1 is 0.531 bits per heavy atom. The molecule has 0 bridgehead atoms. The van der Waals surface area contributed by atoms with Crippen LogP contribution in [0.3, 0.4) is 0 Å². The summed E-state index contributed by atoms with van der Waals surface area (Å²) < 4.78 is 15.8. The van der Waals surface area contributed by atoms with Gasteiger partial charge in [0.2, 0.25) is 0 Å². The summed E-state index contributed by atoms with van der Waals surface area (Å²) in [6.07, 6.45) is 4.08. The van der Waals surface area contributed by atoms with Crippen LogP contribution < -0.4 is 14.2 Å². The van der Waals surface area contributed by atoms with Crippen LogP contribution in [0.1, 0.15) is 11.3 Å². The van der Waals surface area contributed by atoms with Crippen LogP contribution in [0.5, 0.6) is 17.2 Å². The molecule has 4 rings (SSSR count). The van der Waals surface area contributed by atoms with Crippen LogP contribution in [-0.4, -0.2) is 26.3 Å². The molecule has 1 aromatic heterocycles. The zero-order valence-corrected chi connectivity index (χ0v) is 18.4. The molecule has 4 aromatic rings. The first-order chi connectivity index (χ1) is 15.7. The third-order valence-electron chi connectivity index (χ3n) is 5.22. The van der Waals surface area contributed by atoms with E-state index < -0.39 is 0 Å². The predicted octanol–water partition coefficient (Wildman–Crippen LogP) is 6.61. The van der Waals surface area contributed by atoms with E-state index in [-0.39, 0.29) is 0 Å². The van der Waals surface area contributed by atoms with E-state index >= 15 is 0 Å². The third-order valence-corrected chi connectivity index (χ3v) is 5.22. The molecule has 0 aliphatic heterocycles. The van der Waals surface area contributed by atoms with Gasteiger partial charge in [0, 0.05) is 5.56 Å². The highest BCUT2D eigenvalue weighted by Crippen LogP contribution is 2.29. The minimum Gasteiger partial charge on any atom is -0.497 e. The lowest BCUT2D eigenvalue weighted by atomic mass is 10.0. The number of benzene rings is 3. The zero-order valence-electron chi connectivity index (χ0n) is 18.4. The first-order valence-electron chi connectivity index (χ1n) is 10.3. The Morgan fingerprint density at radius 3 is 1.56 bits per heavy atom. The maximum atomic E-state index is 5.30. The van der Waals surface area contributed by atoms with Gasteiger partial charge in [-0.1, -0.05) is 30.3 Å². The van der Waals surface area contributed by atoms with Gasteiger partial charge >= 0.3 is 0 Å². The summed E-state index contributed by atoms with van der Waals surface area (Å²) >= 11 is 0. The molecule has 0 amide bonds. The molecular weight excluding hydrogens is 398 g/mol. The maximum Gasteiger partial charge on any atom is 0.118 e. The van der Waals surface area contributed by atoms with E-state index in [2.05, 4.69) is 30.3 Å². The summed E-state index contributed by atoms with van der Waals surface area (Å²) in [5.41, 5.74) is 6.06. The summed E-state index contributed by atoms with van der Waals surface area (Å²) in [5.74, 6) is 2.49. The van der Waals surface area contributed by atoms with Crippen molar-refractivity contribution < 1.29 is 14.2 Å². The van der Waals surface area contributed by atoms with Gasteiger partial charge in [0.25, 0.3) is 0 Å². The standard InChI is InChI=1S/C28H25NO3/c1-30-25-12-5-20(6-13-25)4-11-24-18-23(21-7-14-26(31-2)15-8-21)19-28(29-24)22-9-16-27(32-3)17-10-22/h4-19H,1-3H3/b11-4+. The fraction of sp³-hybridized carbons (Fsp3) is 0.107. The molecule has 0 saturated heterocycles. The lowest BCUT2D eigenvalue weighted by molar-refractivity contribution is 0.414. The summed E-state index contributed by atoms with van der Waals surface area (Å²) in [4.78, 5) is 4.89. The Morgan fingerprint density at radius 2 is 1.03 bits per heavy atom. The molecular formula is C28H25NO3. The molecule has 0 radical (unpaired) electrons. The number of methoxy groups -OCH3 is 3. The zero-order chi connectivity index (χ0) is 22.3. The van der Waals surface area contributed by atoms with Gasteiger partial charge in [0.15, 0.2) is 0 Å². The van der Waals surface area contributed by atoms with Gasteiger partial charge < -0.3 is 14.2 Å². The van der Waals surface area contributed by atoms with Crippen LogP contribution >= 0.6 is 0 Å². The highest BCUT2D eigenvalue weighted by molar-refractivity contribution is 5.76. The molecule has 0 spiro atoms. The molecule has 0 unspecified atom stereocenters. The second-order valence-corrected chi connectivity index (χ2v) is 7.23. The molecule has 0 aliphatic carbocycles. The van der Waals surface area contributed by atoms with Crippen molar-refractivity contribution in [3.05, 3.63) is 96.2 Å². The van der Waals surface area contributed by atoms with Gasteiger partial charge in [0.05, 0.1) is 32.7 Å². The van der Waals surface area contributed by atoms with Crippen molar-refractivity contribution in [2.24, 2.45) is 0 Å². The van der Waals surface area contributed by atoms with Gasteiger partial charge in [0.1, 0.15) is 17.2 Å². The number of hydrogen-bond donors (Lipinski definition) is 0. The van der Waals surface area contributed by atoms with Gasteiger partial charge in [-0.2, -0.15) is 0 Å². The fourth-order valence-corrected chi connectivity index (χ4v) is 3.39. The topological polar surface area (TPSA) is 40.6 Å². The van der Waals surface area contributed by atoms with Crippen molar-refractivity contribution >= 4 is 12.2 Å². The minimum absolute atomic E-state index is 0.819. The molecule has 0 fully saturated rings. The smallest absolute Gasteiger partial charge is 0.118 e. The molecule has 3 aromatic carbocycles. The molecule has 1 heterocycles. The van der Waals surface area contributed by atoms with E-state index in [1.165, 1.54) is 0 Å². The number of rotatable bonds is 7. The maximum absolute atomic E-state index is 5.30. The summed E-state index contributed by atoms with van der Waals surface area (Å²) in [6.45, 7) is 0. The number of hydrogen-bond acceptors (Lipinski definition) is 4. The Labute approximate surface area is 188 Å². The van der Waals surface area contributed by atoms with Gasteiger partial charge in [-0.05, 0) is 83.4 Å². The summed E-state index contributed by atoms with van der Waals surface area (Å²) in [7, 11) is 5.01. The van der Waals surface area contributed by atoms with Gasteiger partial charge in [-0.15, -0.1) is 0 Å². The average Bonchev–Trinajstić information content (AvgIpc) is 2.87. The van der Waals surface area contributed by atoms with Crippen molar-refractivity contribution in [2.45, 2.75) is 0 Å². The van der Waals surface area contributed by atoms with E-state index in [9.17, 15) is 0 Å². The van der Waals surface area contributed by atoms with Crippen LogP contribution in [0.15, 0.2) is 84.9 Å². The molecule has 0 saturated carbocycles. The number of pyridine rings is 1. The van der Waals surface area contributed by atoms with E-state index in [1.807, 2.05) is 66.7 Å². The lowest BCUT2D eigenvalue weighted by Gasteiger charge is -2.09. The fourth-order valence-electron chi connectivity index (χ4n) is 3.39. The van der Waals surface area contributed by atoms with Gasteiger partial charge in [-0.3, -0.25) is 0 Å². The summed E-state index contributed by atoms with van der Waals surface area (Å²) in [6, 6.07) is 28.1. The molecule has 32 heavy (non-hydrogen) atoms. The molecule has 0 atom stereocenters. The number of nitrogens with zero attached hydrogens (tertiary/aromatic N) is 1. The second kappa shape index (κ2) is 9.84. The molecule has 0 aliphatic rings. The molecule has 0 N–H and O–H groups in total. The molecule has 160 valence electrons. The van der Waals surface area contributed by atoms with Crippen molar-refractivity contribution in [1.82, 2.24) is 4.98 Å². The summed E-state index contributed by atoms with van der Waals surface area (Å²) in [5, 5.41) is 0. The van der Waals surface area contributed by atoms with E-state index in [4.69, 9.17) is 19.2 Å². The first kappa shape index (κ1) is 21.2. The van der Waals surface area contributed by atoms with Gasteiger partial charge in [-0.25, -0.2) is 4.98 Å². The van der Waals surface area contributed by atoms with Crippen LogP contribution in [0.25, 0.3) is 34.5 Å². The van der Waals surface area contributed by atoms with E-state index in [0.717, 1.165) is 50.9 Å².